The van der Waals surface area contributed by atoms with Crippen molar-refractivity contribution < 1.29 is 13.5 Å². The fourth-order valence-electron chi connectivity index (χ4n) is 1.57. The highest BCUT2D eigenvalue weighted by Crippen LogP contribution is 2.37. The van der Waals surface area contributed by atoms with Gasteiger partial charge in [-0.25, -0.2) is 13.1 Å². The smallest absolute Gasteiger partial charge is 0.242 e. The summed E-state index contributed by atoms with van der Waals surface area (Å²) in [5.41, 5.74) is -0.0383. The molecule has 0 radical (unpaired) electrons. The van der Waals surface area contributed by atoms with Crippen molar-refractivity contribution in [3.8, 4) is 0 Å². The first-order chi connectivity index (χ1) is 8.27. The number of benzene rings is 1. The van der Waals surface area contributed by atoms with Gasteiger partial charge in [0.05, 0.1) is 11.6 Å². The van der Waals surface area contributed by atoms with E-state index in [2.05, 4.69) is 4.72 Å². The van der Waals surface area contributed by atoms with Crippen LogP contribution in [-0.2, 0) is 16.6 Å². The van der Waals surface area contributed by atoms with Gasteiger partial charge in [-0.1, -0.05) is 23.2 Å². The summed E-state index contributed by atoms with van der Waals surface area (Å²) in [6, 6.07) is 2.64. The van der Waals surface area contributed by atoms with Gasteiger partial charge in [-0.15, -0.1) is 0 Å². The van der Waals surface area contributed by atoms with Crippen LogP contribution in [0.3, 0.4) is 0 Å². The largest absolute Gasteiger partial charge is 0.392 e. The van der Waals surface area contributed by atoms with Crippen LogP contribution in [0.15, 0.2) is 17.0 Å². The highest BCUT2D eigenvalue weighted by Gasteiger charge is 2.41. The molecule has 2 N–H and O–H groups in total. The summed E-state index contributed by atoms with van der Waals surface area (Å²) in [6.07, 6.45) is 1.62. The van der Waals surface area contributed by atoms with Crippen LogP contribution < -0.4 is 4.72 Å². The van der Waals surface area contributed by atoms with Crippen LogP contribution >= 0.6 is 23.2 Å². The lowest BCUT2D eigenvalue weighted by Crippen LogP contribution is -2.34. The predicted molar refractivity (Wildman–Crippen MR) is 70.3 cm³/mol. The topological polar surface area (TPSA) is 66.4 Å². The van der Waals surface area contributed by atoms with E-state index < -0.39 is 10.0 Å². The van der Waals surface area contributed by atoms with Gasteiger partial charge in [0.1, 0.15) is 4.90 Å². The summed E-state index contributed by atoms with van der Waals surface area (Å²) in [6.45, 7) is 1.50. The van der Waals surface area contributed by atoms with E-state index in [9.17, 15) is 8.42 Å². The molecule has 0 saturated heterocycles. The molecule has 1 aromatic rings. The Bertz CT molecular complexity index is 582. The van der Waals surface area contributed by atoms with Gasteiger partial charge in [-0.3, -0.25) is 0 Å². The fourth-order valence-corrected chi connectivity index (χ4v) is 3.89. The number of hydrogen-bond donors (Lipinski definition) is 2. The molecule has 100 valence electrons. The van der Waals surface area contributed by atoms with Gasteiger partial charge in [0.15, 0.2) is 0 Å². The third-order valence-corrected chi connectivity index (χ3v) is 5.40. The minimum atomic E-state index is -3.69. The second kappa shape index (κ2) is 4.65. The van der Waals surface area contributed by atoms with Crippen LogP contribution in [0.5, 0.6) is 0 Å². The Morgan fingerprint density at radius 3 is 2.44 bits per heavy atom. The Morgan fingerprint density at radius 2 is 1.94 bits per heavy atom. The fraction of sp³-hybridized carbons (Fsp3) is 0.455. The maximum Gasteiger partial charge on any atom is 0.242 e. The lowest BCUT2D eigenvalue weighted by molar-refractivity contribution is 0.281. The molecule has 0 aromatic heterocycles. The van der Waals surface area contributed by atoms with E-state index in [1.54, 1.807) is 0 Å². The molecule has 4 nitrogen and oxygen atoms in total. The molecule has 0 spiro atoms. The summed E-state index contributed by atoms with van der Waals surface area (Å²) in [4.78, 5) is -0.0502. The maximum atomic E-state index is 12.2. The summed E-state index contributed by atoms with van der Waals surface area (Å²) in [5, 5.41) is 9.40. The van der Waals surface area contributed by atoms with E-state index in [4.69, 9.17) is 28.3 Å². The molecule has 1 aliphatic rings. The second-order valence-electron chi connectivity index (χ2n) is 4.70. The van der Waals surface area contributed by atoms with E-state index >= 15 is 0 Å². The average Bonchev–Trinajstić information content (AvgIpc) is 2.94. The molecular weight excluding hydrogens is 297 g/mol. The van der Waals surface area contributed by atoms with Gasteiger partial charge in [0.25, 0.3) is 0 Å². The second-order valence-corrected chi connectivity index (χ2v) is 7.16. The van der Waals surface area contributed by atoms with Crippen LogP contribution in [0, 0.1) is 0 Å². The Hall–Kier alpha value is -0.330. The Balaban J connectivity index is 2.43. The Morgan fingerprint density at radius 1 is 1.33 bits per heavy atom. The van der Waals surface area contributed by atoms with Crippen LogP contribution in [-0.4, -0.2) is 19.1 Å². The van der Waals surface area contributed by atoms with Gasteiger partial charge in [0.2, 0.25) is 10.0 Å². The zero-order valence-electron chi connectivity index (χ0n) is 9.70. The van der Waals surface area contributed by atoms with Gasteiger partial charge in [-0.2, -0.15) is 0 Å². The summed E-state index contributed by atoms with van der Waals surface area (Å²) < 4.78 is 26.9. The van der Waals surface area contributed by atoms with Crippen molar-refractivity contribution in [1.82, 2.24) is 4.72 Å². The molecule has 18 heavy (non-hydrogen) atoms. The minimum absolute atomic E-state index is 0.0500. The zero-order chi connectivity index (χ0) is 13.6. The van der Waals surface area contributed by atoms with E-state index in [-0.39, 0.29) is 27.1 Å². The molecule has 1 aliphatic carbocycles. The quantitative estimate of drug-likeness (QED) is 0.897. The molecule has 1 aromatic carbocycles. The first-order valence-corrected chi connectivity index (χ1v) is 7.64. The lowest BCUT2D eigenvalue weighted by atomic mass is 10.2. The van der Waals surface area contributed by atoms with Crippen LogP contribution in [0.25, 0.3) is 0 Å². The number of nitrogens with one attached hydrogen (secondary N) is 1. The van der Waals surface area contributed by atoms with Gasteiger partial charge >= 0.3 is 0 Å². The monoisotopic (exact) mass is 309 g/mol. The number of sulfonamides is 1. The summed E-state index contributed by atoms with van der Waals surface area (Å²) >= 11 is 11.7. The van der Waals surface area contributed by atoms with Crippen molar-refractivity contribution in [2.75, 3.05) is 0 Å². The van der Waals surface area contributed by atoms with Crippen molar-refractivity contribution in [3.05, 3.63) is 27.7 Å². The molecule has 7 heteroatoms. The Labute approximate surface area is 116 Å². The first kappa shape index (κ1) is 14.1. The van der Waals surface area contributed by atoms with Crippen LogP contribution in [0.1, 0.15) is 25.3 Å². The van der Waals surface area contributed by atoms with Gasteiger partial charge < -0.3 is 5.11 Å². The molecule has 0 amide bonds. The highest BCUT2D eigenvalue weighted by atomic mass is 35.5. The lowest BCUT2D eigenvalue weighted by Gasteiger charge is -2.14. The number of halogens is 2. The molecule has 0 bridgehead atoms. The van der Waals surface area contributed by atoms with E-state index in [1.165, 1.54) is 12.1 Å². The van der Waals surface area contributed by atoms with Crippen LogP contribution in [0.2, 0.25) is 10.0 Å². The van der Waals surface area contributed by atoms with Gasteiger partial charge in [0, 0.05) is 10.6 Å². The molecular formula is C11H13Cl2NO3S. The Kier molecular flexibility index (Phi) is 3.64. The van der Waals surface area contributed by atoms with Crippen molar-refractivity contribution in [3.63, 3.8) is 0 Å². The van der Waals surface area contributed by atoms with Crippen molar-refractivity contribution in [1.29, 1.82) is 0 Å². The third-order valence-electron chi connectivity index (χ3n) is 2.94. The van der Waals surface area contributed by atoms with E-state index in [1.807, 2.05) is 6.92 Å². The number of rotatable bonds is 4. The predicted octanol–water partition coefficient (Wildman–Crippen LogP) is 2.32. The first-order valence-electron chi connectivity index (χ1n) is 5.40. The normalized spacial score (nSPS) is 17.8. The molecule has 1 saturated carbocycles. The van der Waals surface area contributed by atoms with Crippen molar-refractivity contribution >= 4 is 33.2 Å². The molecule has 2 rings (SSSR count). The zero-order valence-corrected chi connectivity index (χ0v) is 12.0. The highest BCUT2D eigenvalue weighted by molar-refractivity contribution is 7.89. The van der Waals surface area contributed by atoms with Crippen molar-refractivity contribution in [2.24, 2.45) is 0 Å². The molecule has 0 unspecified atom stereocenters. The molecule has 0 aliphatic heterocycles. The SMILES string of the molecule is CC1(NS(=O)(=O)c2cc(CO)c(Cl)cc2Cl)CC1. The molecule has 0 heterocycles. The average molecular weight is 310 g/mol. The van der Waals surface area contributed by atoms with E-state index in [0.29, 0.717) is 5.56 Å². The summed E-state index contributed by atoms with van der Waals surface area (Å²) in [7, 11) is -3.69. The molecule has 1 fully saturated rings. The summed E-state index contributed by atoms with van der Waals surface area (Å²) in [5.74, 6) is 0. The molecule has 0 atom stereocenters. The van der Waals surface area contributed by atoms with Gasteiger partial charge in [-0.05, 0) is 37.5 Å². The number of aliphatic hydroxyl groups excluding tert-OH is 1. The van der Waals surface area contributed by atoms with E-state index in [0.717, 1.165) is 12.8 Å². The maximum absolute atomic E-state index is 12.2. The van der Waals surface area contributed by atoms with Crippen molar-refractivity contribution in [2.45, 2.75) is 36.8 Å². The standard InChI is InChI=1S/C11H13Cl2NO3S/c1-11(2-3-11)14-18(16,17)10-4-7(6-15)8(12)5-9(10)13/h4-5,14-15H,2-3,6H2,1H3. The third kappa shape index (κ3) is 2.81. The number of hydrogen-bond acceptors (Lipinski definition) is 3. The number of aliphatic hydroxyl groups is 1. The van der Waals surface area contributed by atoms with Crippen LogP contribution in [0.4, 0.5) is 0 Å². The minimum Gasteiger partial charge on any atom is -0.392 e.